The van der Waals surface area contributed by atoms with E-state index in [1.807, 2.05) is 0 Å². The molecule has 0 spiro atoms. The molecular weight excluding hydrogens is 234 g/mol. The van der Waals surface area contributed by atoms with E-state index in [-0.39, 0.29) is 0 Å². The Kier molecular flexibility index (Phi) is 4.97. The fraction of sp³-hybridized carbons (Fsp3) is 0.562. The van der Waals surface area contributed by atoms with Crippen molar-refractivity contribution in [3.63, 3.8) is 0 Å². The second-order valence-corrected chi connectivity index (χ2v) is 5.71. The van der Waals surface area contributed by atoms with Crippen LogP contribution in [0.4, 0.5) is 0 Å². The van der Waals surface area contributed by atoms with Crippen molar-refractivity contribution in [1.82, 2.24) is 5.32 Å². The number of rotatable bonds is 6. The van der Waals surface area contributed by atoms with Crippen LogP contribution in [0.25, 0.3) is 0 Å². The maximum atomic E-state index is 5.79. The molecule has 0 aliphatic carbocycles. The van der Waals surface area contributed by atoms with E-state index in [2.05, 4.69) is 54.5 Å². The molecule has 0 fully saturated rings. The van der Waals surface area contributed by atoms with Crippen LogP contribution in [0.1, 0.15) is 38.7 Å². The van der Waals surface area contributed by atoms with Gasteiger partial charge in [0.05, 0.1) is 11.9 Å². The second-order valence-electron chi connectivity index (χ2n) is 5.71. The maximum absolute atomic E-state index is 5.79. The summed E-state index contributed by atoms with van der Waals surface area (Å²) in [7, 11) is 0. The first-order valence-electron chi connectivity index (χ1n) is 7.24. The van der Waals surface area contributed by atoms with Crippen LogP contribution in [-0.2, 0) is 6.54 Å². The van der Waals surface area contributed by atoms with Crippen LogP contribution >= 0.6 is 0 Å². The van der Waals surface area contributed by atoms with Gasteiger partial charge in [0.25, 0.3) is 0 Å². The lowest BCUT2D eigenvalue weighted by Gasteiger charge is -2.17. The smallest absolute Gasteiger partial charge is 0.0944 e. The Morgan fingerprint density at radius 1 is 1.37 bits per heavy atom. The fourth-order valence-electron chi connectivity index (χ4n) is 2.62. The van der Waals surface area contributed by atoms with Gasteiger partial charge < -0.3 is 11.1 Å². The lowest BCUT2D eigenvalue weighted by atomic mass is 9.96. The zero-order valence-corrected chi connectivity index (χ0v) is 12.0. The van der Waals surface area contributed by atoms with Crippen molar-refractivity contribution >= 4 is 5.84 Å². The van der Waals surface area contributed by atoms with E-state index in [1.54, 1.807) is 0 Å². The average Bonchev–Trinajstić information content (AvgIpc) is 2.73. The first kappa shape index (κ1) is 14.1. The molecule has 0 saturated heterocycles. The molecule has 3 atom stereocenters. The van der Waals surface area contributed by atoms with Gasteiger partial charge in [-0.2, -0.15) is 0 Å². The molecule has 2 rings (SSSR count). The van der Waals surface area contributed by atoms with E-state index in [4.69, 9.17) is 5.73 Å². The molecule has 104 valence electrons. The van der Waals surface area contributed by atoms with Gasteiger partial charge in [0.2, 0.25) is 0 Å². The van der Waals surface area contributed by atoms with E-state index in [0.29, 0.717) is 18.0 Å². The largest absolute Gasteiger partial charge is 0.387 e. The van der Waals surface area contributed by atoms with Crippen LogP contribution in [0.2, 0.25) is 0 Å². The van der Waals surface area contributed by atoms with Crippen molar-refractivity contribution < 1.29 is 0 Å². The summed E-state index contributed by atoms with van der Waals surface area (Å²) in [6.07, 6.45) is 3.25. The van der Waals surface area contributed by atoms with Crippen LogP contribution in [-0.4, -0.2) is 17.9 Å². The molecule has 0 bridgehead atoms. The topological polar surface area (TPSA) is 50.4 Å². The number of benzene rings is 1. The zero-order chi connectivity index (χ0) is 13.7. The Morgan fingerprint density at radius 2 is 2.11 bits per heavy atom. The van der Waals surface area contributed by atoms with Crippen LogP contribution in [0.5, 0.6) is 0 Å². The van der Waals surface area contributed by atoms with Crippen molar-refractivity contribution in [2.24, 2.45) is 16.6 Å². The summed E-state index contributed by atoms with van der Waals surface area (Å²) in [4.78, 5) is 4.53. The van der Waals surface area contributed by atoms with Gasteiger partial charge in [-0.1, -0.05) is 37.3 Å². The molecule has 19 heavy (non-hydrogen) atoms. The maximum Gasteiger partial charge on any atom is 0.0944 e. The second kappa shape index (κ2) is 6.71. The van der Waals surface area contributed by atoms with Gasteiger partial charge in [-0.3, -0.25) is 4.99 Å². The quantitative estimate of drug-likeness (QED) is 0.825. The molecule has 3 heteroatoms. The molecule has 0 saturated carbocycles. The summed E-state index contributed by atoms with van der Waals surface area (Å²) >= 11 is 0. The van der Waals surface area contributed by atoms with Crippen LogP contribution in [0.15, 0.2) is 35.3 Å². The van der Waals surface area contributed by atoms with Crippen LogP contribution < -0.4 is 11.1 Å². The monoisotopic (exact) mass is 259 g/mol. The molecular formula is C16H25N3. The molecule has 0 amide bonds. The third-order valence-electron chi connectivity index (χ3n) is 3.91. The minimum absolute atomic E-state index is 0.431. The van der Waals surface area contributed by atoms with Crippen LogP contribution in [0, 0.1) is 5.92 Å². The first-order valence-corrected chi connectivity index (χ1v) is 7.24. The summed E-state index contributed by atoms with van der Waals surface area (Å²) in [5.74, 6) is 1.45. The lowest BCUT2D eigenvalue weighted by Crippen LogP contribution is -2.27. The summed E-state index contributed by atoms with van der Waals surface area (Å²) in [6.45, 7) is 5.43. The first-order chi connectivity index (χ1) is 9.15. The predicted molar refractivity (Wildman–Crippen MR) is 81.2 cm³/mol. The van der Waals surface area contributed by atoms with Crippen molar-refractivity contribution in [2.75, 3.05) is 0 Å². The molecule has 0 radical (unpaired) electrons. The number of nitrogens with zero attached hydrogens (tertiary/aromatic N) is 1. The number of nitrogens with one attached hydrogen (secondary N) is 1. The van der Waals surface area contributed by atoms with Crippen molar-refractivity contribution in [2.45, 2.75) is 51.7 Å². The minimum Gasteiger partial charge on any atom is -0.387 e. The molecule has 1 unspecified atom stereocenters. The van der Waals surface area contributed by atoms with Crippen molar-refractivity contribution in [3.05, 3.63) is 35.9 Å². The molecule has 3 nitrogen and oxygen atoms in total. The summed E-state index contributed by atoms with van der Waals surface area (Å²) in [5.41, 5.74) is 7.13. The normalized spacial score (nSPS) is 24.2. The molecule has 1 aliphatic rings. The standard InChI is InChI=1S/C16H25N3/c1-12-10-16(17)19-15(12)9-8-13(2)18-11-14-6-4-3-5-7-14/h3-7,12-13,15,18H,8-11H2,1-2H3,(H2,17,19)/t12-,13?,15-/m1/s1. The third kappa shape index (κ3) is 4.35. The van der Waals surface area contributed by atoms with Gasteiger partial charge in [-0.15, -0.1) is 0 Å². The molecule has 1 heterocycles. The highest BCUT2D eigenvalue weighted by molar-refractivity contribution is 5.82. The molecule has 1 aromatic rings. The van der Waals surface area contributed by atoms with Gasteiger partial charge in [0.15, 0.2) is 0 Å². The Labute approximate surface area is 116 Å². The van der Waals surface area contributed by atoms with Crippen molar-refractivity contribution in [3.8, 4) is 0 Å². The number of amidine groups is 1. The predicted octanol–water partition coefficient (Wildman–Crippen LogP) is 2.71. The van der Waals surface area contributed by atoms with E-state index >= 15 is 0 Å². The van der Waals surface area contributed by atoms with Gasteiger partial charge >= 0.3 is 0 Å². The van der Waals surface area contributed by atoms with E-state index < -0.39 is 0 Å². The number of nitrogens with two attached hydrogens (primary N) is 1. The Morgan fingerprint density at radius 3 is 2.74 bits per heavy atom. The van der Waals surface area contributed by atoms with Gasteiger partial charge in [0, 0.05) is 19.0 Å². The van der Waals surface area contributed by atoms with E-state index in [9.17, 15) is 0 Å². The summed E-state index contributed by atoms with van der Waals surface area (Å²) in [5, 5.41) is 3.57. The van der Waals surface area contributed by atoms with Gasteiger partial charge in [-0.25, -0.2) is 0 Å². The highest BCUT2D eigenvalue weighted by Crippen LogP contribution is 2.23. The number of hydrogen-bond acceptors (Lipinski definition) is 3. The SMILES string of the molecule is CC(CC[C@H]1N=C(N)C[C@H]1C)NCc1ccccc1. The molecule has 1 aromatic carbocycles. The molecule has 0 aromatic heterocycles. The van der Waals surface area contributed by atoms with E-state index in [0.717, 1.165) is 31.6 Å². The minimum atomic E-state index is 0.431. The van der Waals surface area contributed by atoms with Crippen LogP contribution in [0.3, 0.4) is 0 Å². The highest BCUT2D eigenvalue weighted by atomic mass is 14.9. The molecule has 1 aliphatic heterocycles. The zero-order valence-electron chi connectivity index (χ0n) is 12.0. The Hall–Kier alpha value is -1.35. The average molecular weight is 259 g/mol. The van der Waals surface area contributed by atoms with Gasteiger partial charge in [0.1, 0.15) is 0 Å². The summed E-state index contributed by atoms with van der Waals surface area (Å²) < 4.78 is 0. The highest BCUT2D eigenvalue weighted by Gasteiger charge is 2.24. The fourth-order valence-corrected chi connectivity index (χ4v) is 2.62. The Balaban J connectivity index is 1.69. The number of hydrogen-bond donors (Lipinski definition) is 2. The lowest BCUT2D eigenvalue weighted by molar-refractivity contribution is 0.417. The number of aliphatic imine (C=N–C) groups is 1. The molecule has 3 N–H and O–H groups in total. The van der Waals surface area contributed by atoms with Gasteiger partial charge in [-0.05, 0) is 31.2 Å². The van der Waals surface area contributed by atoms with Crippen molar-refractivity contribution in [1.29, 1.82) is 0 Å². The van der Waals surface area contributed by atoms with E-state index in [1.165, 1.54) is 5.56 Å². The Bertz CT molecular complexity index is 413. The summed E-state index contributed by atoms with van der Waals surface area (Å²) in [6, 6.07) is 11.5. The third-order valence-corrected chi connectivity index (χ3v) is 3.91.